The number of halogens is 2. The molecule has 1 aliphatic rings. The molecule has 0 radical (unpaired) electrons. The summed E-state index contributed by atoms with van der Waals surface area (Å²) in [5.74, 6) is 0.0179. The Labute approximate surface area is 180 Å². The summed E-state index contributed by atoms with van der Waals surface area (Å²) in [5, 5.41) is 0.415. The highest BCUT2D eigenvalue weighted by Crippen LogP contribution is 2.30. The van der Waals surface area contributed by atoms with Crippen LogP contribution in [0, 0.1) is 5.92 Å². The van der Waals surface area contributed by atoms with Gasteiger partial charge in [0, 0.05) is 18.1 Å². The summed E-state index contributed by atoms with van der Waals surface area (Å²) >= 11 is 12.0. The molecule has 0 spiro atoms. The fourth-order valence-electron chi connectivity index (χ4n) is 3.18. The van der Waals surface area contributed by atoms with Crippen molar-refractivity contribution in [3.05, 3.63) is 58.1 Å². The molecule has 2 aromatic carbocycles. The fourth-order valence-corrected chi connectivity index (χ4v) is 5.39. The number of benzene rings is 2. The van der Waals surface area contributed by atoms with E-state index in [0.717, 1.165) is 5.56 Å². The molecule has 0 amide bonds. The third-order valence-corrected chi connectivity index (χ3v) is 7.43. The number of sulfonamides is 1. The fraction of sp³-hybridized carbons (Fsp3) is 0.350. The molecule has 1 aliphatic heterocycles. The van der Waals surface area contributed by atoms with Crippen LogP contribution in [0.4, 0.5) is 0 Å². The Morgan fingerprint density at radius 3 is 2.55 bits per heavy atom. The van der Waals surface area contributed by atoms with Crippen molar-refractivity contribution < 1.29 is 22.7 Å². The van der Waals surface area contributed by atoms with Crippen molar-refractivity contribution in [2.75, 3.05) is 20.2 Å². The Morgan fingerprint density at radius 1 is 1.14 bits per heavy atom. The van der Waals surface area contributed by atoms with Gasteiger partial charge in [-0.2, -0.15) is 4.31 Å². The Kier molecular flexibility index (Phi) is 7.05. The molecule has 1 saturated heterocycles. The summed E-state index contributed by atoms with van der Waals surface area (Å²) in [4.78, 5) is 12.4. The van der Waals surface area contributed by atoms with E-state index in [0.29, 0.717) is 23.6 Å². The molecule has 9 heteroatoms. The van der Waals surface area contributed by atoms with Crippen LogP contribution in [0.15, 0.2) is 47.4 Å². The van der Waals surface area contributed by atoms with Gasteiger partial charge in [-0.25, -0.2) is 8.42 Å². The summed E-state index contributed by atoms with van der Waals surface area (Å²) < 4.78 is 37.6. The van der Waals surface area contributed by atoms with E-state index >= 15 is 0 Å². The summed E-state index contributed by atoms with van der Waals surface area (Å²) in [6.45, 7) is 0.570. The van der Waals surface area contributed by atoms with Crippen LogP contribution >= 0.6 is 23.2 Å². The van der Waals surface area contributed by atoms with E-state index in [1.165, 1.54) is 22.5 Å². The third kappa shape index (κ3) is 5.22. The second-order valence-electron chi connectivity index (χ2n) is 6.71. The van der Waals surface area contributed by atoms with E-state index in [9.17, 15) is 13.2 Å². The molecule has 2 aromatic rings. The molecule has 1 fully saturated rings. The summed E-state index contributed by atoms with van der Waals surface area (Å²) in [6, 6.07) is 11.6. The molecular weight excluding hydrogens is 437 g/mol. The lowest BCUT2D eigenvalue weighted by atomic mass is 9.98. The molecule has 0 aliphatic carbocycles. The maximum atomic E-state index is 12.9. The van der Waals surface area contributed by atoms with E-state index in [1.54, 1.807) is 13.2 Å². The first kappa shape index (κ1) is 21.9. The summed E-state index contributed by atoms with van der Waals surface area (Å²) in [6.07, 6.45) is 0.767. The molecule has 156 valence electrons. The van der Waals surface area contributed by atoms with Gasteiger partial charge in [0.1, 0.15) is 17.3 Å². The minimum Gasteiger partial charge on any atom is -0.497 e. The largest absolute Gasteiger partial charge is 0.497 e. The van der Waals surface area contributed by atoms with Gasteiger partial charge in [0.2, 0.25) is 10.0 Å². The first-order chi connectivity index (χ1) is 13.8. The summed E-state index contributed by atoms with van der Waals surface area (Å²) in [7, 11) is -2.20. The van der Waals surface area contributed by atoms with Crippen molar-refractivity contribution >= 4 is 39.2 Å². The molecule has 3 rings (SSSR count). The van der Waals surface area contributed by atoms with Crippen molar-refractivity contribution in [1.29, 1.82) is 0 Å². The lowest BCUT2D eigenvalue weighted by molar-refractivity contribution is -0.151. The number of carbonyl (C=O) groups excluding carboxylic acids is 1. The van der Waals surface area contributed by atoms with Gasteiger partial charge in [-0.3, -0.25) is 4.79 Å². The van der Waals surface area contributed by atoms with Crippen LogP contribution in [-0.4, -0.2) is 38.9 Å². The highest BCUT2D eigenvalue weighted by molar-refractivity contribution is 7.89. The van der Waals surface area contributed by atoms with Crippen molar-refractivity contribution in [3.8, 4) is 5.75 Å². The smallest absolute Gasteiger partial charge is 0.309 e. The quantitative estimate of drug-likeness (QED) is 0.609. The van der Waals surface area contributed by atoms with Crippen molar-refractivity contribution in [3.63, 3.8) is 0 Å². The number of carbonyl (C=O) groups is 1. The van der Waals surface area contributed by atoms with Crippen LogP contribution < -0.4 is 4.74 Å². The Bertz CT molecular complexity index is 988. The number of methoxy groups -OCH3 is 1. The van der Waals surface area contributed by atoms with Gasteiger partial charge in [-0.1, -0.05) is 35.3 Å². The van der Waals surface area contributed by atoms with Gasteiger partial charge < -0.3 is 9.47 Å². The molecule has 0 atom stereocenters. The van der Waals surface area contributed by atoms with Gasteiger partial charge >= 0.3 is 5.97 Å². The maximum Gasteiger partial charge on any atom is 0.309 e. The standard InChI is InChI=1S/C20H21Cl2NO5S/c1-27-17-4-2-3-14(11-17)13-28-20(24)15-7-9-23(10-8-15)29(25,26)19-12-16(21)5-6-18(19)22/h2-6,11-12,15H,7-10,13H2,1H3. The van der Waals surface area contributed by atoms with E-state index < -0.39 is 10.0 Å². The van der Waals surface area contributed by atoms with E-state index in [-0.39, 0.29) is 41.5 Å². The number of piperidine rings is 1. The van der Waals surface area contributed by atoms with Crippen LogP contribution in [0.2, 0.25) is 10.0 Å². The van der Waals surface area contributed by atoms with Gasteiger partial charge in [-0.05, 0) is 48.7 Å². The number of hydrogen-bond donors (Lipinski definition) is 0. The third-order valence-electron chi connectivity index (χ3n) is 4.81. The normalized spacial score (nSPS) is 15.8. The highest BCUT2D eigenvalue weighted by atomic mass is 35.5. The van der Waals surface area contributed by atoms with E-state index in [4.69, 9.17) is 32.7 Å². The number of rotatable bonds is 6. The predicted molar refractivity (Wildman–Crippen MR) is 111 cm³/mol. The molecular formula is C20H21Cl2NO5S. The molecule has 1 heterocycles. The Balaban J connectivity index is 1.58. The topological polar surface area (TPSA) is 72.9 Å². The van der Waals surface area contributed by atoms with Crippen LogP contribution in [0.1, 0.15) is 18.4 Å². The highest BCUT2D eigenvalue weighted by Gasteiger charge is 2.34. The average molecular weight is 458 g/mol. The summed E-state index contributed by atoms with van der Waals surface area (Å²) in [5.41, 5.74) is 0.827. The SMILES string of the molecule is COc1cccc(COC(=O)C2CCN(S(=O)(=O)c3cc(Cl)ccc3Cl)CC2)c1. The first-order valence-electron chi connectivity index (χ1n) is 9.06. The van der Waals surface area contributed by atoms with Crippen LogP contribution in [0.3, 0.4) is 0 Å². The molecule has 0 N–H and O–H groups in total. The van der Waals surface area contributed by atoms with Gasteiger partial charge in [0.25, 0.3) is 0 Å². The monoisotopic (exact) mass is 457 g/mol. The molecule has 0 aromatic heterocycles. The van der Waals surface area contributed by atoms with Crippen LogP contribution in [0.5, 0.6) is 5.75 Å². The molecule has 6 nitrogen and oxygen atoms in total. The predicted octanol–water partition coefficient (Wildman–Crippen LogP) is 4.15. The van der Waals surface area contributed by atoms with Crippen LogP contribution in [0.25, 0.3) is 0 Å². The van der Waals surface area contributed by atoms with Gasteiger partial charge in [0.05, 0.1) is 18.1 Å². The Hall–Kier alpha value is -1.80. The minimum atomic E-state index is -3.78. The van der Waals surface area contributed by atoms with Crippen molar-refractivity contribution in [2.45, 2.75) is 24.3 Å². The number of ether oxygens (including phenoxy) is 2. The average Bonchev–Trinajstić information content (AvgIpc) is 2.74. The van der Waals surface area contributed by atoms with Gasteiger partial charge in [-0.15, -0.1) is 0 Å². The second-order valence-corrected chi connectivity index (χ2v) is 9.46. The first-order valence-corrected chi connectivity index (χ1v) is 11.3. The van der Waals surface area contributed by atoms with E-state index in [1.807, 2.05) is 18.2 Å². The van der Waals surface area contributed by atoms with Crippen molar-refractivity contribution in [2.24, 2.45) is 5.92 Å². The zero-order chi connectivity index (χ0) is 21.0. The number of esters is 1. The lowest BCUT2D eigenvalue weighted by Gasteiger charge is -2.30. The molecule has 0 bridgehead atoms. The maximum absolute atomic E-state index is 12.9. The molecule has 0 unspecified atom stereocenters. The zero-order valence-electron chi connectivity index (χ0n) is 15.8. The molecule has 29 heavy (non-hydrogen) atoms. The lowest BCUT2D eigenvalue weighted by Crippen LogP contribution is -2.40. The molecule has 0 saturated carbocycles. The van der Waals surface area contributed by atoms with Gasteiger partial charge in [0.15, 0.2) is 0 Å². The minimum absolute atomic E-state index is 0.0225. The second kappa shape index (κ2) is 9.34. The number of nitrogens with zero attached hydrogens (tertiary/aromatic N) is 1. The van der Waals surface area contributed by atoms with E-state index in [2.05, 4.69) is 0 Å². The zero-order valence-corrected chi connectivity index (χ0v) is 18.1. The Morgan fingerprint density at radius 2 is 1.86 bits per heavy atom. The van der Waals surface area contributed by atoms with Crippen LogP contribution in [-0.2, 0) is 26.2 Å². The number of hydrogen-bond acceptors (Lipinski definition) is 5. The van der Waals surface area contributed by atoms with Crippen molar-refractivity contribution in [1.82, 2.24) is 4.31 Å².